The molecule has 0 saturated carbocycles. The molecule has 10 heteroatoms. The van der Waals surface area contributed by atoms with Crippen molar-refractivity contribution < 1.29 is 9.53 Å². The molecule has 8 nitrogen and oxygen atoms in total. The number of carbonyl (C=O) groups excluding carboxylic acids is 1. The van der Waals surface area contributed by atoms with Crippen LogP contribution in [-0.4, -0.2) is 43.1 Å². The van der Waals surface area contributed by atoms with Gasteiger partial charge in [-0.3, -0.25) is 9.48 Å². The molecule has 0 bridgehead atoms. The molecule has 2 heterocycles. The van der Waals surface area contributed by atoms with E-state index in [1.54, 1.807) is 4.68 Å². The topological polar surface area (TPSA) is 87.7 Å². The lowest BCUT2D eigenvalue weighted by Gasteiger charge is -2.04. The SMILES string of the molecule is COC(=O)Cn1nnnc1SCc1c(Cl)c(C)nn1C. The first kappa shape index (κ1) is 14.8. The van der Waals surface area contributed by atoms with Crippen LogP contribution in [0.5, 0.6) is 0 Å². The molecular weight excluding hydrogens is 304 g/mol. The number of aromatic nitrogens is 6. The molecule has 108 valence electrons. The van der Waals surface area contributed by atoms with Crippen molar-refractivity contribution in [2.24, 2.45) is 7.05 Å². The van der Waals surface area contributed by atoms with Crippen LogP contribution >= 0.6 is 23.4 Å². The van der Waals surface area contributed by atoms with Gasteiger partial charge in [-0.05, 0) is 17.4 Å². The first-order chi connectivity index (χ1) is 9.52. The van der Waals surface area contributed by atoms with Gasteiger partial charge in [0.1, 0.15) is 6.54 Å². The van der Waals surface area contributed by atoms with Crippen molar-refractivity contribution in [1.82, 2.24) is 30.0 Å². The van der Waals surface area contributed by atoms with E-state index in [-0.39, 0.29) is 6.54 Å². The van der Waals surface area contributed by atoms with Crippen molar-refractivity contribution >= 4 is 29.3 Å². The summed E-state index contributed by atoms with van der Waals surface area (Å²) in [5.74, 6) is 0.145. The van der Waals surface area contributed by atoms with Gasteiger partial charge in [0.25, 0.3) is 0 Å². The van der Waals surface area contributed by atoms with Gasteiger partial charge in [0.15, 0.2) is 0 Å². The highest BCUT2D eigenvalue weighted by Crippen LogP contribution is 2.26. The maximum atomic E-state index is 11.2. The van der Waals surface area contributed by atoms with Crippen molar-refractivity contribution in [2.75, 3.05) is 7.11 Å². The van der Waals surface area contributed by atoms with Gasteiger partial charge in [-0.15, -0.1) is 5.10 Å². The highest BCUT2D eigenvalue weighted by atomic mass is 35.5. The Labute approximate surface area is 124 Å². The summed E-state index contributed by atoms with van der Waals surface area (Å²) in [7, 11) is 3.14. The zero-order valence-corrected chi connectivity index (χ0v) is 12.8. The van der Waals surface area contributed by atoms with Crippen LogP contribution in [0.2, 0.25) is 5.02 Å². The van der Waals surface area contributed by atoms with Gasteiger partial charge >= 0.3 is 5.97 Å². The Hall–Kier alpha value is -1.61. The van der Waals surface area contributed by atoms with Crippen LogP contribution in [0.4, 0.5) is 0 Å². The van der Waals surface area contributed by atoms with E-state index in [4.69, 9.17) is 11.6 Å². The number of methoxy groups -OCH3 is 1. The average molecular weight is 317 g/mol. The summed E-state index contributed by atoms with van der Waals surface area (Å²) in [6.45, 7) is 1.82. The molecule has 0 aliphatic heterocycles. The second-order valence-electron chi connectivity index (χ2n) is 3.95. The number of thioether (sulfide) groups is 1. The van der Waals surface area contributed by atoms with E-state index < -0.39 is 5.97 Å². The zero-order valence-electron chi connectivity index (χ0n) is 11.2. The predicted molar refractivity (Wildman–Crippen MR) is 72.3 cm³/mol. The number of hydrogen-bond donors (Lipinski definition) is 0. The molecule has 0 aliphatic carbocycles. The van der Waals surface area contributed by atoms with E-state index >= 15 is 0 Å². The second kappa shape index (κ2) is 6.23. The molecule has 0 saturated heterocycles. The van der Waals surface area contributed by atoms with Crippen LogP contribution in [-0.2, 0) is 28.9 Å². The third-order valence-electron chi connectivity index (χ3n) is 2.61. The van der Waals surface area contributed by atoms with E-state index in [2.05, 4.69) is 25.4 Å². The normalized spacial score (nSPS) is 10.8. The number of carbonyl (C=O) groups is 1. The number of esters is 1. The third-order valence-corrected chi connectivity index (χ3v) is 4.07. The van der Waals surface area contributed by atoms with Crippen molar-refractivity contribution in [3.8, 4) is 0 Å². The Morgan fingerprint density at radius 2 is 2.25 bits per heavy atom. The molecular formula is C10H13ClN6O2S. The number of ether oxygens (including phenoxy) is 1. The van der Waals surface area contributed by atoms with E-state index in [0.717, 1.165) is 11.4 Å². The fourth-order valence-corrected chi connectivity index (χ4v) is 2.80. The van der Waals surface area contributed by atoms with Crippen molar-refractivity contribution in [3.05, 3.63) is 16.4 Å². The van der Waals surface area contributed by atoms with Gasteiger partial charge in [0.2, 0.25) is 5.16 Å². The fraction of sp³-hybridized carbons (Fsp3) is 0.500. The molecule has 0 fully saturated rings. The first-order valence-electron chi connectivity index (χ1n) is 5.66. The lowest BCUT2D eigenvalue weighted by atomic mass is 10.4. The average Bonchev–Trinajstić information content (AvgIpc) is 2.94. The van der Waals surface area contributed by atoms with E-state index in [9.17, 15) is 4.79 Å². The number of aryl methyl sites for hydroxylation is 2. The lowest BCUT2D eigenvalue weighted by Crippen LogP contribution is -2.13. The summed E-state index contributed by atoms with van der Waals surface area (Å²) in [5.41, 5.74) is 1.65. The number of tetrazole rings is 1. The molecule has 0 aliphatic rings. The summed E-state index contributed by atoms with van der Waals surface area (Å²) in [5, 5.41) is 16.5. The first-order valence-corrected chi connectivity index (χ1v) is 7.03. The molecule has 2 rings (SSSR count). The minimum atomic E-state index is -0.409. The van der Waals surface area contributed by atoms with Crippen molar-refractivity contribution in [1.29, 1.82) is 0 Å². The molecule has 0 N–H and O–H groups in total. The van der Waals surface area contributed by atoms with E-state index in [0.29, 0.717) is 15.9 Å². The van der Waals surface area contributed by atoms with Gasteiger partial charge in [-0.25, -0.2) is 4.68 Å². The number of halogens is 1. The second-order valence-corrected chi connectivity index (χ2v) is 5.27. The van der Waals surface area contributed by atoms with Crippen LogP contribution in [0.1, 0.15) is 11.4 Å². The summed E-state index contributed by atoms with van der Waals surface area (Å²) in [4.78, 5) is 11.2. The van der Waals surface area contributed by atoms with Gasteiger partial charge in [0.05, 0.1) is 23.5 Å². The van der Waals surface area contributed by atoms with E-state index in [1.807, 2.05) is 14.0 Å². The van der Waals surface area contributed by atoms with Crippen molar-refractivity contribution in [3.63, 3.8) is 0 Å². The van der Waals surface area contributed by atoms with E-state index in [1.165, 1.54) is 23.6 Å². The van der Waals surface area contributed by atoms with Gasteiger partial charge in [0, 0.05) is 12.8 Å². The Kier molecular flexibility index (Phi) is 4.61. The molecule has 0 unspecified atom stereocenters. The van der Waals surface area contributed by atoms with Crippen LogP contribution in [0.15, 0.2) is 5.16 Å². The fourth-order valence-electron chi connectivity index (χ4n) is 1.56. The molecule has 0 spiro atoms. The summed E-state index contributed by atoms with van der Waals surface area (Å²) >= 11 is 7.55. The highest BCUT2D eigenvalue weighted by molar-refractivity contribution is 7.98. The maximum absolute atomic E-state index is 11.2. The molecule has 20 heavy (non-hydrogen) atoms. The quantitative estimate of drug-likeness (QED) is 0.596. The molecule has 0 amide bonds. The standard InChI is InChI=1S/C10H13ClN6O2S/c1-6-9(11)7(16(2)13-6)5-20-10-12-14-15-17(10)4-8(18)19-3/h4-5H2,1-3H3. The Balaban J connectivity index is 2.08. The molecule has 2 aromatic heterocycles. The molecule has 0 aromatic carbocycles. The summed E-state index contributed by atoms with van der Waals surface area (Å²) < 4.78 is 7.69. The summed E-state index contributed by atoms with van der Waals surface area (Å²) in [6.07, 6.45) is 0. The van der Waals surface area contributed by atoms with Crippen molar-refractivity contribution in [2.45, 2.75) is 24.4 Å². The number of hydrogen-bond acceptors (Lipinski definition) is 7. The van der Waals surface area contributed by atoms with Crippen LogP contribution in [0, 0.1) is 6.92 Å². The highest BCUT2D eigenvalue weighted by Gasteiger charge is 2.15. The van der Waals surface area contributed by atoms with Gasteiger partial charge < -0.3 is 4.74 Å². The predicted octanol–water partition coefficient (Wildman–Crippen LogP) is 0.834. The molecule has 2 aromatic rings. The maximum Gasteiger partial charge on any atom is 0.327 e. The molecule has 0 atom stereocenters. The zero-order chi connectivity index (χ0) is 14.7. The van der Waals surface area contributed by atoms with Gasteiger partial charge in [-0.2, -0.15) is 5.10 Å². The summed E-state index contributed by atoms with van der Waals surface area (Å²) in [6, 6.07) is 0. The number of nitrogens with zero attached hydrogens (tertiary/aromatic N) is 6. The lowest BCUT2D eigenvalue weighted by molar-refractivity contribution is -0.141. The number of rotatable bonds is 5. The van der Waals surface area contributed by atoms with Crippen LogP contribution < -0.4 is 0 Å². The Bertz CT molecular complexity index is 625. The largest absolute Gasteiger partial charge is 0.468 e. The minimum absolute atomic E-state index is 0.0238. The monoisotopic (exact) mass is 316 g/mol. The smallest absolute Gasteiger partial charge is 0.327 e. The van der Waals surface area contributed by atoms with Gasteiger partial charge in [-0.1, -0.05) is 23.4 Å². The Morgan fingerprint density at radius 1 is 1.50 bits per heavy atom. The van der Waals surface area contributed by atoms with Crippen LogP contribution in [0.3, 0.4) is 0 Å². The molecule has 0 radical (unpaired) electrons. The minimum Gasteiger partial charge on any atom is -0.468 e. The Morgan fingerprint density at radius 3 is 2.85 bits per heavy atom. The van der Waals surface area contributed by atoms with Crippen LogP contribution in [0.25, 0.3) is 0 Å². The third kappa shape index (κ3) is 3.10.